The smallest absolute Gasteiger partial charge is 0.273 e. The number of carbonyl (C=O) groups excluding carboxylic acids is 1. The molecule has 1 amide bonds. The lowest BCUT2D eigenvalue weighted by molar-refractivity contribution is 0.102. The van der Waals surface area contributed by atoms with Gasteiger partial charge in [0.25, 0.3) is 5.91 Å². The number of aromatic amines is 1. The van der Waals surface area contributed by atoms with E-state index < -0.39 is 0 Å². The van der Waals surface area contributed by atoms with Gasteiger partial charge in [0.2, 0.25) is 0 Å². The first-order chi connectivity index (χ1) is 7.66. The Bertz CT molecular complexity index is 473. The van der Waals surface area contributed by atoms with Crippen molar-refractivity contribution >= 4 is 22.4 Å². The Morgan fingerprint density at radius 3 is 2.94 bits per heavy atom. The molecule has 2 aromatic heterocycles. The molecular weight excluding hydrogens is 222 g/mol. The van der Waals surface area contributed by atoms with Crippen LogP contribution in [0.25, 0.3) is 0 Å². The zero-order chi connectivity index (χ0) is 11.5. The van der Waals surface area contributed by atoms with Crippen LogP contribution in [0.5, 0.6) is 0 Å². The average molecular weight is 235 g/mol. The molecule has 16 heavy (non-hydrogen) atoms. The minimum atomic E-state index is -0.158. The van der Waals surface area contributed by atoms with E-state index in [0.29, 0.717) is 16.7 Å². The van der Waals surface area contributed by atoms with Gasteiger partial charge in [-0.05, 0) is 18.1 Å². The fourth-order valence-electron chi connectivity index (χ4n) is 1.24. The number of aromatic nitrogens is 2. The van der Waals surface area contributed by atoms with Crippen molar-refractivity contribution in [1.82, 2.24) is 9.97 Å². The summed E-state index contributed by atoms with van der Waals surface area (Å²) in [7, 11) is 0. The van der Waals surface area contributed by atoms with Gasteiger partial charge in [0, 0.05) is 11.6 Å². The van der Waals surface area contributed by atoms with E-state index in [4.69, 9.17) is 0 Å². The quantitative estimate of drug-likeness (QED) is 0.859. The summed E-state index contributed by atoms with van der Waals surface area (Å²) >= 11 is 1.45. The van der Waals surface area contributed by atoms with Gasteiger partial charge in [-0.15, -0.1) is 11.3 Å². The Balaban J connectivity index is 2.07. The summed E-state index contributed by atoms with van der Waals surface area (Å²) in [6, 6.07) is 3.52. The van der Waals surface area contributed by atoms with E-state index in [2.05, 4.69) is 29.1 Å². The van der Waals surface area contributed by atoms with Crippen LogP contribution >= 0.6 is 11.3 Å². The topological polar surface area (TPSA) is 57.8 Å². The third kappa shape index (κ3) is 2.30. The van der Waals surface area contributed by atoms with Gasteiger partial charge >= 0.3 is 0 Å². The second kappa shape index (κ2) is 4.49. The highest BCUT2D eigenvalue weighted by molar-refractivity contribution is 7.14. The number of carbonyl (C=O) groups is 1. The lowest BCUT2D eigenvalue weighted by atomic mass is 10.2. The van der Waals surface area contributed by atoms with E-state index >= 15 is 0 Å². The standard InChI is InChI=1S/C11H13N3OS/c1-7(2)9-6-16-11(13-9)14-10(15)8-4-3-5-12-8/h3-7,12H,1-2H3,(H,13,14,15). The Morgan fingerprint density at radius 1 is 1.56 bits per heavy atom. The van der Waals surface area contributed by atoms with Crippen LogP contribution in [0.4, 0.5) is 5.13 Å². The van der Waals surface area contributed by atoms with Crippen LogP contribution in [0, 0.1) is 0 Å². The third-order valence-electron chi connectivity index (χ3n) is 2.18. The first kappa shape index (κ1) is 10.9. The van der Waals surface area contributed by atoms with E-state index in [9.17, 15) is 4.79 Å². The second-order valence-corrected chi connectivity index (χ2v) is 4.63. The van der Waals surface area contributed by atoms with Gasteiger partial charge in [-0.25, -0.2) is 4.98 Å². The first-order valence-corrected chi connectivity index (χ1v) is 5.95. The summed E-state index contributed by atoms with van der Waals surface area (Å²) in [4.78, 5) is 18.9. The molecule has 0 aromatic carbocycles. The summed E-state index contributed by atoms with van der Waals surface area (Å²) in [6.07, 6.45) is 1.72. The molecule has 0 aliphatic rings. The third-order valence-corrected chi connectivity index (χ3v) is 2.95. The number of amides is 1. The van der Waals surface area contributed by atoms with E-state index in [-0.39, 0.29) is 5.91 Å². The van der Waals surface area contributed by atoms with Crippen LogP contribution in [0.15, 0.2) is 23.7 Å². The van der Waals surface area contributed by atoms with Crippen molar-refractivity contribution < 1.29 is 4.79 Å². The number of rotatable bonds is 3. The highest BCUT2D eigenvalue weighted by Gasteiger charge is 2.10. The molecule has 0 fully saturated rings. The SMILES string of the molecule is CC(C)c1csc(NC(=O)c2ccc[nH]2)n1. The van der Waals surface area contributed by atoms with Crippen molar-refractivity contribution in [3.63, 3.8) is 0 Å². The molecule has 2 heterocycles. The van der Waals surface area contributed by atoms with Crippen molar-refractivity contribution in [3.8, 4) is 0 Å². The predicted octanol–water partition coefficient (Wildman–Crippen LogP) is 2.85. The Kier molecular flexibility index (Phi) is 3.05. The number of hydrogen-bond donors (Lipinski definition) is 2. The monoisotopic (exact) mass is 235 g/mol. The highest BCUT2D eigenvalue weighted by Crippen LogP contribution is 2.21. The van der Waals surface area contributed by atoms with Crippen molar-refractivity contribution in [2.45, 2.75) is 19.8 Å². The molecule has 0 saturated carbocycles. The van der Waals surface area contributed by atoms with Crippen LogP contribution in [0.3, 0.4) is 0 Å². The molecule has 2 aromatic rings. The van der Waals surface area contributed by atoms with Gasteiger partial charge < -0.3 is 4.98 Å². The van der Waals surface area contributed by atoms with E-state index in [0.717, 1.165) is 5.69 Å². The predicted molar refractivity (Wildman–Crippen MR) is 64.9 cm³/mol. The van der Waals surface area contributed by atoms with Crippen LogP contribution in [-0.4, -0.2) is 15.9 Å². The average Bonchev–Trinajstić information content (AvgIpc) is 2.87. The Morgan fingerprint density at radius 2 is 2.38 bits per heavy atom. The van der Waals surface area contributed by atoms with Crippen LogP contribution in [0.1, 0.15) is 35.9 Å². The maximum Gasteiger partial charge on any atom is 0.273 e. The van der Waals surface area contributed by atoms with Gasteiger partial charge in [0.1, 0.15) is 5.69 Å². The first-order valence-electron chi connectivity index (χ1n) is 5.07. The normalized spacial score (nSPS) is 10.7. The summed E-state index contributed by atoms with van der Waals surface area (Å²) in [6.45, 7) is 4.15. The number of nitrogens with one attached hydrogen (secondary N) is 2. The van der Waals surface area contributed by atoms with Crippen molar-refractivity contribution in [3.05, 3.63) is 35.1 Å². The molecule has 0 bridgehead atoms. The molecule has 0 unspecified atom stereocenters. The van der Waals surface area contributed by atoms with E-state index in [1.807, 2.05) is 5.38 Å². The lowest BCUT2D eigenvalue weighted by Crippen LogP contribution is -2.12. The number of anilines is 1. The van der Waals surface area contributed by atoms with E-state index in [1.165, 1.54) is 11.3 Å². The lowest BCUT2D eigenvalue weighted by Gasteiger charge is -1.99. The molecule has 2 rings (SSSR count). The Hall–Kier alpha value is -1.62. The summed E-state index contributed by atoms with van der Waals surface area (Å²) in [5.74, 6) is 0.224. The largest absolute Gasteiger partial charge is 0.357 e. The molecule has 5 heteroatoms. The maximum atomic E-state index is 11.7. The fourth-order valence-corrected chi connectivity index (χ4v) is 2.11. The van der Waals surface area contributed by atoms with Crippen LogP contribution < -0.4 is 5.32 Å². The number of hydrogen-bond acceptors (Lipinski definition) is 3. The molecule has 0 radical (unpaired) electrons. The molecule has 0 spiro atoms. The molecule has 84 valence electrons. The van der Waals surface area contributed by atoms with Crippen LogP contribution in [0.2, 0.25) is 0 Å². The van der Waals surface area contributed by atoms with Gasteiger partial charge in [-0.3, -0.25) is 10.1 Å². The molecule has 0 saturated heterocycles. The zero-order valence-corrected chi connectivity index (χ0v) is 9.97. The van der Waals surface area contributed by atoms with Gasteiger partial charge in [-0.2, -0.15) is 0 Å². The minimum Gasteiger partial charge on any atom is -0.357 e. The van der Waals surface area contributed by atoms with Gasteiger partial charge in [0.15, 0.2) is 5.13 Å². The molecular formula is C11H13N3OS. The van der Waals surface area contributed by atoms with Gasteiger partial charge in [-0.1, -0.05) is 13.8 Å². The maximum absolute atomic E-state index is 11.7. The number of nitrogens with zero attached hydrogens (tertiary/aromatic N) is 1. The van der Waals surface area contributed by atoms with Crippen molar-refractivity contribution in [2.75, 3.05) is 5.32 Å². The van der Waals surface area contributed by atoms with Crippen molar-refractivity contribution in [1.29, 1.82) is 0 Å². The van der Waals surface area contributed by atoms with Gasteiger partial charge in [0.05, 0.1) is 5.69 Å². The van der Waals surface area contributed by atoms with Crippen LogP contribution in [-0.2, 0) is 0 Å². The van der Waals surface area contributed by atoms with E-state index in [1.54, 1.807) is 18.3 Å². The molecule has 2 N–H and O–H groups in total. The highest BCUT2D eigenvalue weighted by atomic mass is 32.1. The summed E-state index contributed by atoms with van der Waals surface area (Å²) in [5.41, 5.74) is 1.55. The number of H-pyrrole nitrogens is 1. The van der Waals surface area contributed by atoms with Crippen molar-refractivity contribution in [2.24, 2.45) is 0 Å². The fraction of sp³-hybridized carbons (Fsp3) is 0.273. The molecule has 0 aliphatic carbocycles. The second-order valence-electron chi connectivity index (χ2n) is 3.77. The summed E-state index contributed by atoms with van der Waals surface area (Å²) in [5, 5.41) is 5.37. The molecule has 0 atom stereocenters. The zero-order valence-electron chi connectivity index (χ0n) is 9.15. The minimum absolute atomic E-state index is 0.158. The number of thiazole rings is 1. The molecule has 0 aliphatic heterocycles. The molecule has 4 nitrogen and oxygen atoms in total. The Labute approximate surface area is 97.7 Å². The summed E-state index contributed by atoms with van der Waals surface area (Å²) < 4.78 is 0.